The second kappa shape index (κ2) is 6.88. The lowest BCUT2D eigenvalue weighted by Crippen LogP contribution is -2.27. The molecular weight excluding hydrogens is 292 g/mol. The molecule has 0 aliphatic carbocycles. The van der Waals surface area contributed by atoms with Crippen LogP contribution >= 0.6 is 0 Å². The molecule has 0 bridgehead atoms. The van der Waals surface area contributed by atoms with Crippen LogP contribution in [-0.2, 0) is 23.1 Å². The number of aryl methyl sites for hydroxylation is 1. The molecule has 0 unspecified atom stereocenters. The number of nitrogens with zero attached hydrogens (tertiary/aromatic N) is 2. The molecule has 21 heavy (non-hydrogen) atoms. The minimum Gasteiger partial charge on any atom is -0.464 e. The number of sulfonamides is 1. The Morgan fingerprint density at radius 1 is 1.43 bits per heavy atom. The summed E-state index contributed by atoms with van der Waals surface area (Å²) in [6.07, 6.45) is 3.44. The predicted molar refractivity (Wildman–Crippen MR) is 78.2 cm³/mol. The monoisotopic (exact) mass is 312 g/mol. The van der Waals surface area contributed by atoms with Gasteiger partial charge < -0.3 is 9.73 Å². The average Bonchev–Trinajstić information content (AvgIpc) is 3.06. The van der Waals surface area contributed by atoms with Crippen molar-refractivity contribution in [1.82, 2.24) is 19.8 Å². The van der Waals surface area contributed by atoms with Crippen molar-refractivity contribution in [3.05, 3.63) is 36.0 Å². The third kappa shape index (κ3) is 4.16. The number of furan rings is 1. The summed E-state index contributed by atoms with van der Waals surface area (Å²) in [5.41, 5.74) is 0. The topological polar surface area (TPSA) is 89.2 Å². The van der Waals surface area contributed by atoms with Gasteiger partial charge in [-0.05, 0) is 19.5 Å². The molecule has 2 rings (SSSR count). The van der Waals surface area contributed by atoms with Crippen molar-refractivity contribution >= 4 is 10.0 Å². The highest BCUT2D eigenvalue weighted by atomic mass is 32.2. The zero-order valence-electron chi connectivity index (χ0n) is 12.2. The van der Waals surface area contributed by atoms with E-state index < -0.39 is 10.0 Å². The van der Waals surface area contributed by atoms with E-state index in [9.17, 15) is 8.42 Å². The summed E-state index contributed by atoms with van der Waals surface area (Å²) >= 11 is 0. The van der Waals surface area contributed by atoms with Gasteiger partial charge in [0.05, 0.1) is 13.1 Å². The second-order valence-corrected chi connectivity index (χ2v) is 6.32. The van der Waals surface area contributed by atoms with E-state index in [1.165, 1.54) is 0 Å². The van der Waals surface area contributed by atoms with Crippen LogP contribution in [0, 0.1) is 6.92 Å². The molecule has 116 valence electrons. The lowest BCUT2D eigenvalue weighted by molar-refractivity contribution is 0.460. The van der Waals surface area contributed by atoms with Crippen LogP contribution in [0.5, 0.6) is 0 Å². The van der Waals surface area contributed by atoms with Gasteiger partial charge >= 0.3 is 0 Å². The molecule has 0 saturated heterocycles. The van der Waals surface area contributed by atoms with Crippen molar-refractivity contribution in [3.8, 4) is 0 Å². The highest BCUT2D eigenvalue weighted by molar-refractivity contribution is 7.89. The molecule has 8 heteroatoms. The minimum atomic E-state index is -3.56. The van der Waals surface area contributed by atoms with E-state index in [-0.39, 0.29) is 11.4 Å². The summed E-state index contributed by atoms with van der Waals surface area (Å²) in [6.45, 7) is 5.69. The van der Waals surface area contributed by atoms with Gasteiger partial charge in [-0.15, -0.1) is 0 Å². The fourth-order valence-corrected chi connectivity index (χ4v) is 3.15. The molecule has 0 aliphatic heterocycles. The maximum atomic E-state index is 12.2. The summed E-state index contributed by atoms with van der Waals surface area (Å²) in [5, 5.41) is 7.12. The van der Waals surface area contributed by atoms with E-state index in [0.29, 0.717) is 24.6 Å². The first-order valence-corrected chi connectivity index (χ1v) is 8.28. The fraction of sp³-hybridized carbons (Fsp3) is 0.462. The summed E-state index contributed by atoms with van der Waals surface area (Å²) < 4.78 is 34.2. The Morgan fingerprint density at radius 2 is 2.24 bits per heavy atom. The largest absolute Gasteiger partial charge is 0.464 e. The molecule has 0 aliphatic rings. The molecule has 2 aromatic heterocycles. The first-order valence-electron chi connectivity index (χ1n) is 6.80. The zero-order chi connectivity index (χ0) is 15.3. The normalized spacial score (nSPS) is 11.9. The smallest absolute Gasteiger partial charge is 0.244 e. The predicted octanol–water partition coefficient (Wildman–Crippen LogP) is 0.873. The number of nitrogens with one attached hydrogen (secondary N) is 2. The highest BCUT2D eigenvalue weighted by Crippen LogP contribution is 2.19. The number of hydrogen-bond donors (Lipinski definition) is 2. The maximum Gasteiger partial charge on any atom is 0.244 e. The van der Waals surface area contributed by atoms with Gasteiger partial charge in [0.2, 0.25) is 10.0 Å². The van der Waals surface area contributed by atoms with E-state index in [1.54, 1.807) is 36.1 Å². The molecule has 2 N–H and O–H groups in total. The van der Waals surface area contributed by atoms with Crippen LogP contribution in [-0.4, -0.2) is 31.3 Å². The Morgan fingerprint density at radius 3 is 2.90 bits per heavy atom. The average molecular weight is 312 g/mol. The molecule has 2 heterocycles. The van der Waals surface area contributed by atoms with E-state index in [4.69, 9.17) is 4.42 Å². The van der Waals surface area contributed by atoms with Gasteiger partial charge in [0.1, 0.15) is 16.4 Å². The number of aromatic nitrogens is 2. The van der Waals surface area contributed by atoms with Crippen molar-refractivity contribution in [2.24, 2.45) is 0 Å². The van der Waals surface area contributed by atoms with Crippen molar-refractivity contribution in [1.29, 1.82) is 0 Å². The summed E-state index contributed by atoms with van der Waals surface area (Å²) in [4.78, 5) is 0.191. The lowest BCUT2D eigenvalue weighted by Gasteiger charge is -2.05. The quantitative estimate of drug-likeness (QED) is 0.755. The Balaban J connectivity index is 1.99. The third-order valence-corrected chi connectivity index (χ3v) is 4.52. The summed E-state index contributed by atoms with van der Waals surface area (Å²) in [7, 11) is -3.56. The van der Waals surface area contributed by atoms with Gasteiger partial charge in [-0.3, -0.25) is 4.68 Å². The van der Waals surface area contributed by atoms with E-state index in [1.807, 2.05) is 6.92 Å². The van der Waals surface area contributed by atoms with Gasteiger partial charge in [-0.1, -0.05) is 6.92 Å². The Bertz CT molecular complexity index is 662. The van der Waals surface area contributed by atoms with Gasteiger partial charge in [-0.2, -0.15) is 5.10 Å². The van der Waals surface area contributed by atoms with Crippen LogP contribution < -0.4 is 10.0 Å². The number of hydrogen-bond acceptors (Lipinski definition) is 5. The van der Waals surface area contributed by atoms with Crippen LogP contribution in [0.1, 0.15) is 18.4 Å². The standard InChI is InChI=1S/C13H20N4O3S/c1-3-14-10-12-9-13(11(2)20-12)21(18,19)16-6-8-17-7-4-5-15-17/h4-5,7,9,14,16H,3,6,8,10H2,1-2H3. The van der Waals surface area contributed by atoms with Crippen LogP contribution in [0.4, 0.5) is 0 Å². The molecule has 0 amide bonds. The van der Waals surface area contributed by atoms with Crippen LogP contribution in [0.3, 0.4) is 0 Å². The van der Waals surface area contributed by atoms with Crippen molar-refractivity contribution in [2.75, 3.05) is 13.1 Å². The second-order valence-electron chi connectivity index (χ2n) is 4.58. The molecule has 0 saturated carbocycles. The van der Waals surface area contributed by atoms with Crippen molar-refractivity contribution in [2.45, 2.75) is 31.8 Å². The van der Waals surface area contributed by atoms with E-state index in [2.05, 4.69) is 15.1 Å². The third-order valence-electron chi connectivity index (χ3n) is 2.95. The zero-order valence-corrected chi connectivity index (χ0v) is 13.0. The lowest BCUT2D eigenvalue weighted by atomic mass is 10.4. The van der Waals surface area contributed by atoms with Gasteiger partial charge in [0.15, 0.2) is 0 Å². The van der Waals surface area contributed by atoms with Crippen LogP contribution in [0.25, 0.3) is 0 Å². The number of rotatable bonds is 8. The SMILES string of the molecule is CCNCc1cc(S(=O)(=O)NCCn2cccn2)c(C)o1. The van der Waals surface area contributed by atoms with E-state index in [0.717, 1.165) is 6.54 Å². The molecule has 0 aromatic carbocycles. The van der Waals surface area contributed by atoms with Gasteiger partial charge in [-0.25, -0.2) is 13.1 Å². The first kappa shape index (κ1) is 15.7. The van der Waals surface area contributed by atoms with Gasteiger partial charge in [0.25, 0.3) is 0 Å². The van der Waals surface area contributed by atoms with Crippen molar-refractivity contribution < 1.29 is 12.8 Å². The Labute approximate surface area is 124 Å². The van der Waals surface area contributed by atoms with Gasteiger partial charge in [0, 0.05) is 25.0 Å². The Kier molecular flexibility index (Phi) is 5.16. The molecule has 7 nitrogen and oxygen atoms in total. The van der Waals surface area contributed by atoms with E-state index >= 15 is 0 Å². The van der Waals surface area contributed by atoms with Crippen molar-refractivity contribution in [3.63, 3.8) is 0 Å². The molecule has 0 radical (unpaired) electrons. The molecule has 0 fully saturated rings. The maximum absolute atomic E-state index is 12.2. The molecular formula is C13H20N4O3S. The summed E-state index contributed by atoms with van der Waals surface area (Å²) in [6, 6.07) is 3.36. The fourth-order valence-electron chi connectivity index (χ4n) is 1.93. The first-order chi connectivity index (χ1) is 10.0. The van der Waals surface area contributed by atoms with Crippen LogP contribution in [0.2, 0.25) is 0 Å². The molecule has 0 atom stereocenters. The molecule has 0 spiro atoms. The van der Waals surface area contributed by atoms with Crippen LogP contribution in [0.15, 0.2) is 33.8 Å². The highest BCUT2D eigenvalue weighted by Gasteiger charge is 2.20. The minimum absolute atomic E-state index is 0.191. The molecule has 2 aromatic rings. The Hall–Kier alpha value is -1.64. The summed E-state index contributed by atoms with van der Waals surface area (Å²) in [5.74, 6) is 1.01.